The van der Waals surface area contributed by atoms with E-state index in [1.54, 1.807) is 24.3 Å². The van der Waals surface area contributed by atoms with Gasteiger partial charge in [0.25, 0.3) is 10.2 Å². The number of piperidine rings is 1. The van der Waals surface area contributed by atoms with Gasteiger partial charge in [-0.1, -0.05) is 42.5 Å². The molecule has 41 heavy (non-hydrogen) atoms. The lowest BCUT2D eigenvalue weighted by molar-refractivity contribution is -0.142. The lowest BCUT2D eigenvalue weighted by Crippen LogP contribution is -2.64. The normalized spacial score (nSPS) is 23.7. The minimum atomic E-state index is -4.44. The minimum Gasteiger partial charge on any atom is -0.382 e. The molecule has 3 heterocycles. The van der Waals surface area contributed by atoms with Crippen LogP contribution in [-0.2, 0) is 38.1 Å². The third kappa shape index (κ3) is 6.13. The van der Waals surface area contributed by atoms with Gasteiger partial charge in [-0.05, 0) is 48.9 Å². The minimum absolute atomic E-state index is 0.00216. The van der Waals surface area contributed by atoms with Crippen LogP contribution in [0.4, 0.5) is 13.2 Å². The van der Waals surface area contributed by atoms with Gasteiger partial charge in [0, 0.05) is 39.3 Å². The summed E-state index contributed by atoms with van der Waals surface area (Å²) < 4.78 is 67.6. The Bertz CT molecular complexity index is 1370. The maximum Gasteiger partial charge on any atom is 0.416 e. The molecule has 3 aliphatic heterocycles. The van der Waals surface area contributed by atoms with Crippen molar-refractivity contribution in [3.8, 4) is 0 Å². The summed E-state index contributed by atoms with van der Waals surface area (Å²) in [5.74, 6) is -1.27. The SMILES string of the molecule is O=C(NCc1ccc(C(F)(F)F)cc1)[C@H]1CCCN1C(=O)[C@H]1CCCN(S(=O)(=O)N2CC(O)(c3ccccc3)C2)C1. The first-order valence-electron chi connectivity index (χ1n) is 13.7. The van der Waals surface area contributed by atoms with Crippen LogP contribution in [-0.4, -0.2) is 77.6 Å². The number of β-amino-alcohol motifs (C(OH)–C–C–N with tert-alkyl or cyclic N) is 1. The average molecular weight is 595 g/mol. The number of likely N-dealkylation sites (tertiary alicyclic amines) is 1. The number of aliphatic hydroxyl groups is 1. The number of nitrogens with zero attached hydrogens (tertiary/aromatic N) is 3. The van der Waals surface area contributed by atoms with Crippen molar-refractivity contribution >= 4 is 22.0 Å². The number of halogens is 3. The monoisotopic (exact) mass is 594 g/mol. The number of hydrogen-bond acceptors (Lipinski definition) is 5. The molecule has 0 aromatic heterocycles. The highest BCUT2D eigenvalue weighted by molar-refractivity contribution is 7.86. The number of alkyl halides is 3. The Kier molecular flexibility index (Phi) is 8.16. The molecular formula is C28H33F3N4O5S. The van der Waals surface area contributed by atoms with Crippen LogP contribution in [0.25, 0.3) is 0 Å². The summed E-state index contributed by atoms with van der Waals surface area (Å²) in [6, 6.07) is 12.7. The van der Waals surface area contributed by atoms with Crippen molar-refractivity contribution in [2.24, 2.45) is 5.92 Å². The van der Waals surface area contributed by atoms with Crippen LogP contribution in [0.3, 0.4) is 0 Å². The molecule has 2 amide bonds. The second-order valence-corrected chi connectivity index (χ2v) is 12.9. The van der Waals surface area contributed by atoms with Gasteiger partial charge in [0.15, 0.2) is 0 Å². The first-order valence-corrected chi connectivity index (χ1v) is 15.1. The topological polar surface area (TPSA) is 110 Å². The second-order valence-electron chi connectivity index (χ2n) is 11.0. The average Bonchev–Trinajstić information content (AvgIpc) is 3.44. The molecule has 0 aliphatic carbocycles. The first kappa shape index (κ1) is 29.5. The number of carbonyl (C=O) groups is 2. The molecule has 2 aromatic rings. The lowest BCUT2D eigenvalue weighted by atomic mass is 9.88. The zero-order valence-corrected chi connectivity index (χ0v) is 23.2. The van der Waals surface area contributed by atoms with Crippen molar-refractivity contribution in [2.75, 3.05) is 32.7 Å². The van der Waals surface area contributed by atoms with E-state index in [1.807, 2.05) is 6.07 Å². The molecule has 222 valence electrons. The van der Waals surface area contributed by atoms with E-state index in [1.165, 1.54) is 25.6 Å². The maximum atomic E-state index is 13.5. The molecule has 0 bridgehead atoms. The van der Waals surface area contributed by atoms with Crippen LogP contribution in [0, 0.1) is 5.92 Å². The quantitative estimate of drug-likeness (QED) is 0.512. The van der Waals surface area contributed by atoms with Crippen LogP contribution < -0.4 is 5.32 Å². The molecule has 3 fully saturated rings. The predicted molar refractivity (Wildman–Crippen MR) is 143 cm³/mol. The molecule has 0 radical (unpaired) electrons. The fourth-order valence-corrected chi connectivity index (χ4v) is 7.61. The molecule has 13 heteroatoms. The Labute approximate surface area is 237 Å². The Hall–Kier alpha value is -3.00. The fourth-order valence-electron chi connectivity index (χ4n) is 5.80. The van der Waals surface area contributed by atoms with E-state index in [-0.39, 0.29) is 38.6 Å². The van der Waals surface area contributed by atoms with Gasteiger partial charge in [0.2, 0.25) is 11.8 Å². The molecule has 2 N–H and O–H groups in total. The molecular weight excluding hydrogens is 561 g/mol. The summed E-state index contributed by atoms with van der Waals surface area (Å²) in [4.78, 5) is 28.0. The van der Waals surface area contributed by atoms with Gasteiger partial charge in [0.1, 0.15) is 11.6 Å². The lowest BCUT2D eigenvalue weighted by Gasteiger charge is -2.48. The molecule has 3 aliphatic rings. The molecule has 5 rings (SSSR count). The Morgan fingerprint density at radius 2 is 1.61 bits per heavy atom. The largest absolute Gasteiger partial charge is 0.416 e. The number of nitrogens with one attached hydrogen (secondary N) is 1. The summed E-state index contributed by atoms with van der Waals surface area (Å²) in [6.45, 7) is 0.525. The molecule has 2 atom stereocenters. The molecule has 3 saturated heterocycles. The highest BCUT2D eigenvalue weighted by atomic mass is 32.2. The van der Waals surface area contributed by atoms with Gasteiger partial charge in [-0.3, -0.25) is 9.59 Å². The van der Waals surface area contributed by atoms with E-state index < -0.39 is 45.4 Å². The highest BCUT2D eigenvalue weighted by Crippen LogP contribution is 2.36. The standard InChI is InChI=1S/C28H33F3N4O5S/c29-28(30,31)23-12-10-20(11-13-23)16-32-25(36)24-9-5-15-35(24)26(37)21-6-4-14-33(17-21)41(39,40)34-18-27(38,19-34)22-7-2-1-3-8-22/h1-3,7-8,10-13,21,24,38H,4-6,9,14-19H2,(H,32,36)/t21-,24+/m0/s1. The zero-order chi connectivity index (χ0) is 29.4. The van der Waals surface area contributed by atoms with Gasteiger partial charge in [-0.25, -0.2) is 0 Å². The number of carbonyl (C=O) groups excluding carboxylic acids is 2. The van der Waals surface area contributed by atoms with Crippen LogP contribution in [0.1, 0.15) is 42.4 Å². The highest BCUT2D eigenvalue weighted by Gasteiger charge is 2.50. The van der Waals surface area contributed by atoms with Crippen LogP contribution in [0.15, 0.2) is 54.6 Å². The van der Waals surface area contributed by atoms with Gasteiger partial charge in [-0.2, -0.15) is 30.2 Å². The number of rotatable bonds is 7. The molecule has 0 unspecified atom stereocenters. The number of benzene rings is 2. The van der Waals surface area contributed by atoms with Gasteiger partial charge in [0.05, 0.1) is 11.5 Å². The Balaban J connectivity index is 1.17. The summed E-state index contributed by atoms with van der Waals surface area (Å²) in [7, 11) is -3.89. The van der Waals surface area contributed by atoms with Crippen molar-refractivity contribution < 1.29 is 36.3 Å². The second kappa shape index (κ2) is 11.3. The van der Waals surface area contributed by atoms with Gasteiger partial charge in [-0.15, -0.1) is 0 Å². The van der Waals surface area contributed by atoms with E-state index in [0.717, 1.165) is 12.1 Å². The summed E-state index contributed by atoms with van der Waals surface area (Å²) >= 11 is 0. The van der Waals surface area contributed by atoms with Crippen LogP contribution in [0.5, 0.6) is 0 Å². The summed E-state index contributed by atoms with van der Waals surface area (Å²) in [6.07, 6.45) is -2.39. The Morgan fingerprint density at radius 3 is 2.27 bits per heavy atom. The predicted octanol–water partition coefficient (Wildman–Crippen LogP) is 2.47. The summed E-state index contributed by atoms with van der Waals surface area (Å²) in [5.41, 5.74) is -0.879. The molecule has 0 spiro atoms. The van der Waals surface area contributed by atoms with Crippen LogP contribution in [0.2, 0.25) is 0 Å². The molecule has 9 nitrogen and oxygen atoms in total. The zero-order valence-electron chi connectivity index (χ0n) is 22.4. The van der Waals surface area contributed by atoms with Gasteiger partial charge < -0.3 is 15.3 Å². The van der Waals surface area contributed by atoms with E-state index in [0.29, 0.717) is 43.4 Å². The van der Waals surface area contributed by atoms with E-state index >= 15 is 0 Å². The van der Waals surface area contributed by atoms with E-state index in [4.69, 9.17) is 0 Å². The number of amides is 2. The summed E-state index contributed by atoms with van der Waals surface area (Å²) in [5, 5.41) is 13.6. The maximum absolute atomic E-state index is 13.5. The van der Waals surface area contributed by atoms with Crippen molar-refractivity contribution in [3.63, 3.8) is 0 Å². The third-order valence-electron chi connectivity index (χ3n) is 8.16. The van der Waals surface area contributed by atoms with Gasteiger partial charge >= 0.3 is 6.18 Å². The van der Waals surface area contributed by atoms with Crippen molar-refractivity contribution in [1.82, 2.24) is 18.8 Å². The van der Waals surface area contributed by atoms with Crippen LogP contribution >= 0.6 is 0 Å². The smallest absolute Gasteiger partial charge is 0.382 e. The van der Waals surface area contributed by atoms with Crippen molar-refractivity contribution in [3.05, 3.63) is 71.3 Å². The van der Waals surface area contributed by atoms with E-state index in [9.17, 15) is 36.3 Å². The number of hydrogen-bond donors (Lipinski definition) is 2. The van der Waals surface area contributed by atoms with Crippen molar-refractivity contribution in [1.29, 1.82) is 0 Å². The molecule has 2 aromatic carbocycles. The van der Waals surface area contributed by atoms with E-state index in [2.05, 4.69) is 5.32 Å². The Morgan fingerprint density at radius 1 is 0.951 bits per heavy atom. The van der Waals surface area contributed by atoms with Crippen molar-refractivity contribution in [2.45, 2.75) is 50.0 Å². The fraction of sp³-hybridized carbons (Fsp3) is 0.500. The molecule has 0 saturated carbocycles. The first-order chi connectivity index (χ1) is 19.4. The third-order valence-corrected chi connectivity index (χ3v) is 10.1.